The van der Waals surface area contributed by atoms with Gasteiger partial charge in [0.1, 0.15) is 0 Å². The lowest BCUT2D eigenvalue weighted by molar-refractivity contribution is -0.137. The number of halogens is 1. The zero-order valence-electron chi connectivity index (χ0n) is 5.58. The summed E-state index contributed by atoms with van der Waals surface area (Å²) >= 11 is 0. The number of aliphatic carboxylic acids is 1. The molecule has 0 radical (unpaired) electrons. The minimum absolute atomic E-state index is 0. The average Bonchev–Trinajstić information content (AvgIpc) is 1.80. The van der Waals surface area contributed by atoms with E-state index in [0.29, 0.717) is 19.4 Å². The normalized spacial score (nSPS) is 8.50. The number of hydrogen-bond acceptors (Lipinski definition) is 3. The van der Waals surface area contributed by atoms with Crippen molar-refractivity contribution in [2.75, 3.05) is 6.61 Å². The van der Waals surface area contributed by atoms with Crippen molar-refractivity contribution in [3.8, 4) is 0 Å². The van der Waals surface area contributed by atoms with Crippen molar-refractivity contribution in [2.45, 2.75) is 19.3 Å². The summed E-state index contributed by atoms with van der Waals surface area (Å²) in [5, 5.41) is 8.14. The summed E-state index contributed by atoms with van der Waals surface area (Å²) in [6, 6.07) is 0. The molecule has 62 valence electrons. The lowest BCUT2D eigenvalue weighted by Gasteiger charge is -1.93. The van der Waals surface area contributed by atoms with Crippen molar-refractivity contribution in [1.82, 2.24) is 0 Å². The molecule has 0 fully saturated rings. The molecule has 0 bridgehead atoms. The third-order valence-corrected chi connectivity index (χ3v) is 0.903. The Bertz CT molecular complexity index is 89.0. The predicted molar refractivity (Wildman–Crippen MR) is 41.9 cm³/mol. The van der Waals surface area contributed by atoms with Crippen molar-refractivity contribution in [2.24, 2.45) is 5.90 Å². The van der Waals surface area contributed by atoms with E-state index in [0.717, 1.165) is 0 Å². The van der Waals surface area contributed by atoms with E-state index in [2.05, 4.69) is 4.84 Å². The average molecular weight is 214 g/mol. The second-order valence-corrected chi connectivity index (χ2v) is 1.72. The van der Waals surface area contributed by atoms with Crippen molar-refractivity contribution >= 4 is 23.0 Å². The number of carboxylic acid groups (broad SMARTS) is 1. The largest absolute Gasteiger partial charge is 0.481 e. The van der Waals surface area contributed by atoms with Crippen LogP contribution in [0, 0.1) is 0 Å². The highest BCUT2D eigenvalue weighted by Crippen LogP contribution is 1.93. The standard InChI is InChI=1S/C5H11NO3.BrH/c6-9-4-2-1-3-5(7)8;/h1-4,6H2,(H,7,8);1H. The molecule has 0 aliphatic carbocycles. The number of carbonyl (C=O) groups is 1. The van der Waals surface area contributed by atoms with Crippen LogP contribution in [0.4, 0.5) is 0 Å². The number of rotatable bonds is 5. The third kappa shape index (κ3) is 10.8. The fourth-order valence-corrected chi connectivity index (χ4v) is 0.462. The molecule has 0 aromatic rings. The molecule has 0 saturated heterocycles. The first-order valence-electron chi connectivity index (χ1n) is 2.81. The molecular weight excluding hydrogens is 202 g/mol. The number of hydrogen-bond donors (Lipinski definition) is 2. The van der Waals surface area contributed by atoms with Crippen LogP contribution < -0.4 is 5.90 Å². The molecule has 0 atom stereocenters. The highest BCUT2D eigenvalue weighted by molar-refractivity contribution is 8.93. The van der Waals surface area contributed by atoms with Crippen molar-refractivity contribution in [3.63, 3.8) is 0 Å². The zero-order valence-corrected chi connectivity index (χ0v) is 7.29. The van der Waals surface area contributed by atoms with E-state index in [4.69, 9.17) is 11.0 Å². The maximum absolute atomic E-state index is 9.89. The molecule has 0 heterocycles. The van der Waals surface area contributed by atoms with Gasteiger partial charge in [-0.15, -0.1) is 17.0 Å². The van der Waals surface area contributed by atoms with E-state index in [1.807, 2.05) is 0 Å². The first kappa shape index (κ1) is 12.5. The van der Waals surface area contributed by atoms with Crippen LogP contribution in [-0.4, -0.2) is 17.7 Å². The van der Waals surface area contributed by atoms with E-state index in [9.17, 15) is 4.79 Å². The quantitative estimate of drug-likeness (QED) is 0.522. The molecule has 0 aliphatic rings. The van der Waals surface area contributed by atoms with Crippen molar-refractivity contribution < 1.29 is 14.7 Å². The Morgan fingerprint density at radius 2 is 2.10 bits per heavy atom. The van der Waals surface area contributed by atoms with E-state index in [-0.39, 0.29) is 23.4 Å². The van der Waals surface area contributed by atoms with Gasteiger partial charge in [-0.1, -0.05) is 0 Å². The van der Waals surface area contributed by atoms with Crippen LogP contribution in [0.25, 0.3) is 0 Å². The Kier molecular flexibility index (Phi) is 11.1. The summed E-state index contributed by atoms with van der Waals surface area (Å²) in [7, 11) is 0. The molecule has 3 N–H and O–H groups in total. The lowest BCUT2D eigenvalue weighted by Crippen LogP contribution is -2.02. The molecule has 0 rings (SSSR count). The maximum atomic E-state index is 9.89. The van der Waals surface area contributed by atoms with E-state index < -0.39 is 5.97 Å². The van der Waals surface area contributed by atoms with Gasteiger partial charge in [-0.05, 0) is 12.8 Å². The van der Waals surface area contributed by atoms with Crippen LogP contribution >= 0.6 is 17.0 Å². The molecule has 0 saturated carbocycles. The first-order valence-corrected chi connectivity index (χ1v) is 2.81. The summed E-state index contributed by atoms with van der Waals surface area (Å²) in [4.78, 5) is 14.1. The number of unbranched alkanes of at least 4 members (excludes halogenated alkanes) is 1. The Morgan fingerprint density at radius 1 is 1.50 bits per heavy atom. The van der Waals surface area contributed by atoms with Crippen LogP contribution in [0.3, 0.4) is 0 Å². The minimum Gasteiger partial charge on any atom is -0.481 e. The van der Waals surface area contributed by atoms with Gasteiger partial charge >= 0.3 is 5.97 Å². The molecule has 0 aromatic carbocycles. The van der Waals surface area contributed by atoms with E-state index in [1.54, 1.807) is 0 Å². The molecule has 0 aromatic heterocycles. The third-order valence-electron chi connectivity index (χ3n) is 0.903. The van der Waals surface area contributed by atoms with E-state index in [1.165, 1.54) is 0 Å². The Balaban J connectivity index is 0. The molecule has 0 spiro atoms. The fourth-order valence-electron chi connectivity index (χ4n) is 0.462. The van der Waals surface area contributed by atoms with Gasteiger partial charge in [0, 0.05) is 6.42 Å². The zero-order chi connectivity index (χ0) is 7.11. The minimum atomic E-state index is -0.771. The van der Waals surface area contributed by atoms with Crippen LogP contribution in [0.1, 0.15) is 19.3 Å². The molecular formula is C5H12BrNO3. The monoisotopic (exact) mass is 213 g/mol. The highest BCUT2D eigenvalue weighted by atomic mass is 79.9. The molecule has 0 amide bonds. The second-order valence-electron chi connectivity index (χ2n) is 1.72. The molecule has 0 unspecified atom stereocenters. The summed E-state index contributed by atoms with van der Waals surface area (Å²) in [6.45, 7) is 0.438. The van der Waals surface area contributed by atoms with Gasteiger partial charge in [0.15, 0.2) is 0 Å². The maximum Gasteiger partial charge on any atom is 0.303 e. The number of nitrogens with two attached hydrogens (primary N) is 1. The van der Waals surface area contributed by atoms with Gasteiger partial charge in [0.25, 0.3) is 0 Å². The van der Waals surface area contributed by atoms with Gasteiger partial charge in [-0.2, -0.15) is 0 Å². The molecule has 10 heavy (non-hydrogen) atoms. The van der Waals surface area contributed by atoms with Crippen LogP contribution in [0.5, 0.6) is 0 Å². The van der Waals surface area contributed by atoms with Crippen molar-refractivity contribution in [1.29, 1.82) is 0 Å². The van der Waals surface area contributed by atoms with Gasteiger partial charge in [-0.3, -0.25) is 4.79 Å². The predicted octanol–water partition coefficient (Wildman–Crippen LogP) is 0.710. The summed E-state index contributed by atoms with van der Waals surface area (Å²) in [5.41, 5.74) is 0. The Morgan fingerprint density at radius 3 is 2.50 bits per heavy atom. The lowest BCUT2D eigenvalue weighted by atomic mass is 10.2. The summed E-state index contributed by atoms with van der Waals surface area (Å²) < 4.78 is 0. The van der Waals surface area contributed by atoms with Gasteiger partial charge in [-0.25, -0.2) is 5.90 Å². The van der Waals surface area contributed by atoms with Gasteiger partial charge < -0.3 is 9.94 Å². The summed E-state index contributed by atoms with van der Waals surface area (Å²) in [6.07, 6.45) is 1.54. The van der Waals surface area contributed by atoms with Crippen LogP contribution in [0.2, 0.25) is 0 Å². The van der Waals surface area contributed by atoms with Crippen molar-refractivity contribution in [3.05, 3.63) is 0 Å². The molecule has 0 aliphatic heterocycles. The number of carboxylic acids is 1. The van der Waals surface area contributed by atoms with E-state index >= 15 is 0 Å². The van der Waals surface area contributed by atoms with Crippen LogP contribution in [0.15, 0.2) is 0 Å². The topological polar surface area (TPSA) is 72.5 Å². The fraction of sp³-hybridized carbons (Fsp3) is 0.800. The molecule has 4 nitrogen and oxygen atoms in total. The Hall–Kier alpha value is -0.130. The highest BCUT2D eigenvalue weighted by Gasteiger charge is 1.94. The molecule has 5 heteroatoms. The Labute approximate surface area is 70.1 Å². The van der Waals surface area contributed by atoms with Crippen LogP contribution in [-0.2, 0) is 9.63 Å². The SMILES string of the molecule is Br.NOCCCCC(=O)O. The smallest absolute Gasteiger partial charge is 0.303 e. The summed E-state index contributed by atoms with van der Waals surface area (Å²) in [5.74, 6) is 3.93. The first-order chi connectivity index (χ1) is 4.27. The van der Waals surface area contributed by atoms with Gasteiger partial charge in [0.2, 0.25) is 0 Å². The second kappa shape index (κ2) is 8.87. The van der Waals surface area contributed by atoms with Gasteiger partial charge in [0.05, 0.1) is 6.61 Å².